The van der Waals surface area contributed by atoms with E-state index in [0.717, 1.165) is 22.5 Å². The number of hydrogen-bond acceptors (Lipinski definition) is 3. The molecule has 5 heteroatoms. The van der Waals surface area contributed by atoms with Gasteiger partial charge in [0.1, 0.15) is 0 Å². The average Bonchev–Trinajstić information content (AvgIpc) is 2.76. The second kappa shape index (κ2) is 4.52. The van der Waals surface area contributed by atoms with Gasteiger partial charge in [0.15, 0.2) is 0 Å². The normalized spacial score (nSPS) is 10.4. The van der Waals surface area contributed by atoms with Gasteiger partial charge >= 0.3 is 0 Å². The van der Waals surface area contributed by atoms with Crippen LogP contribution in [0, 0.1) is 20.8 Å². The number of carbonyl (C=O) groups is 1. The molecule has 2 aromatic rings. The minimum atomic E-state index is -0.182. The molecule has 0 aliphatic carbocycles. The molecule has 0 fully saturated rings. The maximum Gasteiger partial charge on any atom is 0.259 e. The number of nitrogens with two attached hydrogens (primary N) is 1. The highest BCUT2D eigenvalue weighted by Crippen LogP contribution is 2.25. The van der Waals surface area contributed by atoms with Crippen LogP contribution in [-0.2, 0) is 0 Å². The van der Waals surface area contributed by atoms with Crippen molar-refractivity contribution >= 4 is 17.3 Å². The molecule has 5 nitrogen and oxygen atoms in total. The van der Waals surface area contributed by atoms with E-state index in [1.807, 2.05) is 26.0 Å². The lowest BCUT2D eigenvalue weighted by molar-refractivity contribution is 0.102. The van der Waals surface area contributed by atoms with Crippen molar-refractivity contribution in [2.45, 2.75) is 20.8 Å². The quantitative estimate of drug-likeness (QED) is 0.708. The smallest absolute Gasteiger partial charge is 0.259 e. The molecule has 0 atom stereocenters. The summed E-state index contributed by atoms with van der Waals surface area (Å²) in [5.41, 5.74) is 10.4. The van der Waals surface area contributed by atoms with Gasteiger partial charge in [-0.25, -0.2) is 0 Å². The molecule has 4 N–H and O–H groups in total. The molecule has 94 valence electrons. The minimum absolute atomic E-state index is 0.182. The van der Waals surface area contributed by atoms with E-state index >= 15 is 0 Å². The van der Waals surface area contributed by atoms with Gasteiger partial charge in [0.25, 0.3) is 5.91 Å². The van der Waals surface area contributed by atoms with Gasteiger partial charge < -0.3 is 11.1 Å². The summed E-state index contributed by atoms with van der Waals surface area (Å²) in [6, 6.07) is 3.73. The molecule has 0 aliphatic rings. The van der Waals surface area contributed by atoms with Gasteiger partial charge in [-0.05, 0) is 38.0 Å². The van der Waals surface area contributed by atoms with Crippen molar-refractivity contribution < 1.29 is 4.79 Å². The molecule has 1 aromatic heterocycles. The lowest BCUT2D eigenvalue weighted by Crippen LogP contribution is -2.14. The molecule has 18 heavy (non-hydrogen) atoms. The fourth-order valence-corrected chi connectivity index (χ4v) is 1.82. The molecule has 0 bridgehead atoms. The summed E-state index contributed by atoms with van der Waals surface area (Å²) in [4.78, 5) is 12.1. The Morgan fingerprint density at radius 3 is 2.67 bits per heavy atom. The lowest BCUT2D eigenvalue weighted by atomic mass is 10.1. The van der Waals surface area contributed by atoms with Gasteiger partial charge in [0.2, 0.25) is 0 Å². The second-order valence-electron chi connectivity index (χ2n) is 4.33. The first-order chi connectivity index (χ1) is 8.50. The van der Waals surface area contributed by atoms with Gasteiger partial charge in [-0.15, -0.1) is 0 Å². The number of rotatable bonds is 2. The van der Waals surface area contributed by atoms with Gasteiger partial charge in [-0.1, -0.05) is 6.07 Å². The summed E-state index contributed by atoms with van der Waals surface area (Å²) in [5.74, 6) is -0.182. The summed E-state index contributed by atoms with van der Waals surface area (Å²) >= 11 is 0. The van der Waals surface area contributed by atoms with Crippen LogP contribution in [-0.4, -0.2) is 16.1 Å². The van der Waals surface area contributed by atoms with Crippen LogP contribution in [0.2, 0.25) is 0 Å². The first-order valence-electron chi connectivity index (χ1n) is 5.67. The number of hydrogen-bond donors (Lipinski definition) is 3. The van der Waals surface area contributed by atoms with Crippen molar-refractivity contribution in [3.63, 3.8) is 0 Å². The van der Waals surface area contributed by atoms with Crippen LogP contribution in [0.1, 0.15) is 27.2 Å². The van der Waals surface area contributed by atoms with Crippen molar-refractivity contribution in [2.75, 3.05) is 11.1 Å². The molecule has 0 radical (unpaired) electrons. The van der Waals surface area contributed by atoms with Gasteiger partial charge in [0, 0.05) is 17.1 Å². The molecular weight excluding hydrogens is 228 g/mol. The molecule has 0 saturated heterocycles. The molecule has 0 saturated carbocycles. The Labute approximate surface area is 105 Å². The zero-order valence-corrected chi connectivity index (χ0v) is 10.7. The highest BCUT2D eigenvalue weighted by atomic mass is 16.1. The summed E-state index contributed by atoms with van der Waals surface area (Å²) < 4.78 is 0. The van der Waals surface area contributed by atoms with Gasteiger partial charge in [-0.3, -0.25) is 9.89 Å². The van der Waals surface area contributed by atoms with Crippen LogP contribution in [0.5, 0.6) is 0 Å². The van der Waals surface area contributed by atoms with Crippen molar-refractivity contribution in [1.29, 1.82) is 0 Å². The summed E-state index contributed by atoms with van der Waals surface area (Å²) in [6.45, 7) is 5.63. The minimum Gasteiger partial charge on any atom is -0.398 e. The second-order valence-corrected chi connectivity index (χ2v) is 4.33. The number of aromatic amines is 1. The fourth-order valence-electron chi connectivity index (χ4n) is 1.82. The molecule has 1 amide bonds. The predicted octanol–water partition coefficient (Wildman–Crippen LogP) is 2.17. The third-order valence-electron chi connectivity index (χ3n) is 3.03. The number of nitrogens with one attached hydrogen (secondary N) is 2. The zero-order valence-electron chi connectivity index (χ0n) is 10.7. The molecule has 0 aliphatic heterocycles. The first kappa shape index (κ1) is 12.2. The van der Waals surface area contributed by atoms with E-state index in [1.165, 1.54) is 6.20 Å². The molecule has 0 unspecified atom stereocenters. The number of benzene rings is 1. The van der Waals surface area contributed by atoms with Crippen LogP contribution in [0.25, 0.3) is 0 Å². The number of nitrogens with zero attached hydrogens (tertiary/aromatic N) is 1. The topological polar surface area (TPSA) is 83.8 Å². The number of aromatic nitrogens is 2. The Balaban J connectivity index is 2.33. The molecule has 0 spiro atoms. The number of H-pyrrole nitrogens is 1. The van der Waals surface area contributed by atoms with Crippen LogP contribution < -0.4 is 11.1 Å². The summed E-state index contributed by atoms with van der Waals surface area (Å²) in [5, 5.41) is 9.46. The van der Waals surface area contributed by atoms with Crippen LogP contribution >= 0.6 is 0 Å². The van der Waals surface area contributed by atoms with Crippen LogP contribution in [0.4, 0.5) is 11.4 Å². The van der Waals surface area contributed by atoms with Crippen molar-refractivity contribution in [3.8, 4) is 0 Å². The van der Waals surface area contributed by atoms with Crippen LogP contribution in [0.3, 0.4) is 0 Å². The van der Waals surface area contributed by atoms with Gasteiger partial charge in [-0.2, -0.15) is 5.10 Å². The van der Waals surface area contributed by atoms with Crippen molar-refractivity contribution in [2.24, 2.45) is 0 Å². The van der Waals surface area contributed by atoms with Crippen LogP contribution in [0.15, 0.2) is 18.3 Å². The molecule has 1 aromatic carbocycles. The summed E-state index contributed by atoms with van der Waals surface area (Å²) in [6.07, 6.45) is 1.52. The van der Waals surface area contributed by atoms with E-state index in [-0.39, 0.29) is 5.91 Å². The maximum absolute atomic E-state index is 12.1. The first-order valence-corrected chi connectivity index (χ1v) is 5.67. The Hall–Kier alpha value is -2.30. The van der Waals surface area contributed by atoms with E-state index in [2.05, 4.69) is 15.5 Å². The largest absolute Gasteiger partial charge is 0.398 e. The number of amides is 1. The molecule has 1 heterocycles. The summed E-state index contributed by atoms with van der Waals surface area (Å²) in [7, 11) is 0. The zero-order chi connectivity index (χ0) is 13.3. The Bertz CT molecular complexity index is 601. The Kier molecular flexibility index (Phi) is 3.06. The third kappa shape index (κ3) is 2.07. The maximum atomic E-state index is 12.1. The van der Waals surface area contributed by atoms with Crippen molar-refractivity contribution in [3.05, 3.63) is 40.7 Å². The standard InChI is InChI=1S/C13H16N4O/c1-7-4-5-11(14)8(2)12(7)16-13(18)10-6-15-17-9(10)3/h4-6H,14H2,1-3H3,(H,15,17)(H,16,18). The van der Waals surface area contributed by atoms with Crippen molar-refractivity contribution in [1.82, 2.24) is 10.2 Å². The Morgan fingerprint density at radius 1 is 1.33 bits per heavy atom. The number of aryl methyl sites for hydroxylation is 2. The van der Waals surface area contributed by atoms with E-state index in [0.29, 0.717) is 11.3 Å². The average molecular weight is 244 g/mol. The van der Waals surface area contributed by atoms with E-state index in [1.54, 1.807) is 6.92 Å². The number of carbonyl (C=O) groups excluding carboxylic acids is 1. The number of nitrogen functional groups attached to an aromatic ring is 1. The van der Waals surface area contributed by atoms with E-state index in [9.17, 15) is 4.79 Å². The lowest BCUT2D eigenvalue weighted by Gasteiger charge is -2.13. The number of anilines is 2. The highest BCUT2D eigenvalue weighted by Gasteiger charge is 2.14. The van der Waals surface area contributed by atoms with E-state index < -0.39 is 0 Å². The highest BCUT2D eigenvalue weighted by molar-refractivity contribution is 6.05. The monoisotopic (exact) mass is 244 g/mol. The Morgan fingerprint density at radius 2 is 2.06 bits per heavy atom. The molecular formula is C13H16N4O. The van der Waals surface area contributed by atoms with E-state index in [4.69, 9.17) is 5.73 Å². The predicted molar refractivity (Wildman–Crippen MR) is 71.6 cm³/mol. The molecule has 2 rings (SSSR count). The fraction of sp³-hybridized carbons (Fsp3) is 0.231. The third-order valence-corrected chi connectivity index (χ3v) is 3.03. The SMILES string of the molecule is Cc1ccc(N)c(C)c1NC(=O)c1cn[nH]c1C. The van der Waals surface area contributed by atoms with Gasteiger partial charge in [0.05, 0.1) is 11.8 Å².